The Balaban J connectivity index is 1.50. The van der Waals surface area contributed by atoms with Gasteiger partial charge in [-0.2, -0.15) is 0 Å². The number of nitrogens with one attached hydrogen (secondary N) is 1. The first-order valence-corrected chi connectivity index (χ1v) is 10.2. The molecule has 0 bridgehead atoms. The Hall–Kier alpha value is -1.87. The first-order valence-electron chi connectivity index (χ1n) is 8.24. The van der Waals surface area contributed by atoms with Gasteiger partial charge in [0.1, 0.15) is 19.2 Å². The zero-order valence-corrected chi connectivity index (χ0v) is 15.7. The second-order valence-electron chi connectivity index (χ2n) is 6.10. The predicted octanol–water partition coefficient (Wildman–Crippen LogP) is 1.77. The molecule has 2 aliphatic heterocycles. The Morgan fingerprint density at radius 1 is 1.23 bits per heavy atom. The number of carbonyl (C=O) groups excluding carboxylic acids is 2. The fourth-order valence-corrected chi connectivity index (χ4v) is 6.31. The summed E-state index contributed by atoms with van der Waals surface area (Å²) in [7, 11) is 0. The van der Waals surface area contributed by atoms with Crippen LogP contribution in [0, 0.1) is 0 Å². The van der Waals surface area contributed by atoms with Gasteiger partial charge in [0.2, 0.25) is 5.91 Å². The number of benzene rings is 1. The molecule has 2 aliphatic rings. The zero-order valence-electron chi connectivity index (χ0n) is 14.1. The van der Waals surface area contributed by atoms with E-state index in [-0.39, 0.29) is 17.2 Å². The number of hydrogen-bond acceptors (Lipinski definition) is 6. The van der Waals surface area contributed by atoms with Gasteiger partial charge in [-0.05, 0) is 5.56 Å². The van der Waals surface area contributed by atoms with Crippen LogP contribution in [0.3, 0.4) is 0 Å². The molecular weight excluding hydrogens is 376 g/mol. The van der Waals surface area contributed by atoms with E-state index in [9.17, 15) is 19.5 Å². The predicted molar refractivity (Wildman–Crippen MR) is 100 cm³/mol. The number of hydrogen-bond donors (Lipinski definition) is 2. The van der Waals surface area contributed by atoms with Gasteiger partial charge in [0, 0.05) is 24.5 Å². The van der Waals surface area contributed by atoms with Crippen LogP contribution in [0.25, 0.3) is 0 Å². The van der Waals surface area contributed by atoms with Crippen molar-refractivity contribution < 1.29 is 24.2 Å². The molecule has 1 spiro atoms. The average molecular weight is 396 g/mol. The largest absolute Gasteiger partial charge is 0.480 e. The van der Waals surface area contributed by atoms with Crippen molar-refractivity contribution in [2.45, 2.75) is 23.1 Å². The highest BCUT2D eigenvalue weighted by Crippen LogP contribution is 2.51. The Morgan fingerprint density at radius 2 is 1.92 bits per heavy atom. The second kappa shape index (κ2) is 8.22. The summed E-state index contributed by atoms with van der Waals surface area (Å²) in [5.74, 6) is 0.514. The lowest BCUT2D eigenvalue weighted by Gasteiger charge is -2.23. The van der Waals surface area contributed by atoms with Gasteiger partial charge < -0.3 is 20.1 Å². The molecule has 7 nitrogen and oxygen atoms in total. The van der Waals surface area contributed by atoms with Crippen LogP contribution in [0.1, 0.15) is 12.0 Å². The first-order chi connectivity index (χ1) is 12.5. The van der Waals surface area contributed by atoms with E-state index in [1.54, 1.807) is 23.5 Å². The summed E-state index contributed by atoms with van der Waals surface area (Å²) in [6, 6.07) is 8.36. The number of alkyl carbamates (subject to hydrolysis) is 1. The van der Waals surface area contributed by atoms with Gasteiger partial charge in [-0.3, -0.25) is 4.79 Å². The third-order valence-electron chi connectivity index (χ3n) is 4.31. The molecule has 3 rings (SSSR count). The number of thioether (sulfide) groups is 2. The van der Waals surface area contributed by atoms with E-state index in [1.807, 2.05) is 30.3 Å². The van der Waals surface area contributed by atoms with Gasteiger partial charge in [0.15, 0.2) is 0 Å². The van der Waals surface area contributed by atoms with Crippen molar-refractivity contribution in [3.8, 4) is 0 Å². The molecule has 2 heterocycles. The molecule has 2 amide bonds. The lowest BCUT2D eigenvalue weighted by molar-refractivity contribution is -0.147. The van der Waals surface area contributed by atoms with Crippen LogP contribution in [0.5, 0.6) is 0 Å². The van der Waals surface area contributed by atoms with Crippen molar-refractivity contribution in [3.63, 3.8) is 0 Å². The third-order valence-corrected chi connectivity index (χ3v) is 7.73. The van der Waals surface area contributed by atoms with Gasteiger partial charge in [-0.15, -0.1) is 23.5 Å². The summed E-state index contributed by atoms with van der Waals surface area (Å²) in [6.07, 6.45) is -0.269. The maximum Gasteiger partial charge on any atom is 0.407 e. The molecule has 0 saturated carbocycles. The smallest absolute Gasteiger partial charge is 0.407 e. The topological polar surface area (TPSA) is 95.9 Å². The number of carboxylic acid groups (broad SMARTS) is 1. The average Bonchev–Trinajstić information content (AvgIpc) is 3.26. The standard InChI is InChI=1S/C17H20N2O5S2/c20-14(9-18-16(23)24-10-12-4-2-1-3-5-12)19-11-17(25-6-7-26-17)8-13(19)15(21)22/h1-5,13H,6-11H2,(H,18,23)(H,21,22)/t13-/m0/s1. The normalized spacial score (nSPS) is 20.9. The molecule has 2 fully saturated rings. The fraction of sp³-hybridized carbons (Fsp3) is 0.471. The van der Waals surface area contributed by atoms with Gasteiger partial charge in [0.05, 0.1) is 4.08 Å². The SMILES string of the molecule is O=C(NCC(=O)N1CC2(C[C@H]1C(=O)O)SCCS2)OCc1ccccc1. The lowest BCUT2D eigenvalue weighted by atomic mass is 10.2. The molecule has 1 atom stereocenters. The summed E-state index contributed by atoms with van der Waals surface area (Å²) in [5, 5.41) is 11.8. The Morgan fingerprint density at radius 3 is 2.58 bits per heavy atom. The van der Waals surface area contributed by atoms with E-state index in [0.29, 0.717) is 13.0 Å². The van der Waals surface area contributed by atoms with E-state index < -0.39 is 24.0 Å². The Kier molecular flexibility index (Phi) is 5.98. The molecule has 2 N–H and O–H groups in total. The summed E-state index contributed by atoms with van der Waals surface area (Å²) in [6.45, 7) is 0.223. The van der Waals surface area contributed by atoms with Gasteiger partial charge in [-0.25, -0.2) is 9.59 Å². The molecule has 1 aromatic carbocycles. The number of rotatable bonds is 5. The number of amides is 2. The molecule has 0 unspecified atom stereocenters. The zero-order chi connectivity index (χ0) is 18.6. The van der Waals surface area contributed by atoms with Crippen LogP contribution in [0.15, 0.2) is 30.3 Å². The fourth-order valence-electron chi connectivity index (χ4n) is 3.05. The maximum absolute atomic E-state index is 12.5. The lowest BCUT2D eigenvalue weighted by Crippen LogP contribution is -2.45. The highest BCUT2D eigenvalue weighted by atomic mass is 32.2. The van der Waals surface area contributed by atoms with Gasteiger partial charge in [-0.1, -0.05) is 30.3 Å². The van der Waals surface area contributed by atoms with E-state index in [1.165, 1.54) is 4.90 Å². The summed E-state index contributed by atoms with van der Waals surface area (Å²) in [5.41, 5.74) is 0.844. The highest BCUT2D eigenvalue weighted by molar-refractivity contribution is 8.21. The Labute approximate surface area is 159 Å². The van der Waals surface area contributed by atoms with Crippen LogP contribution < -0.4 is 5.32 Å². The van der Waals surface area contributed by atoms with Crippen molar-refractivity contribution >= 4 is 41.5 Å². The summed E-state index contributed by atoms with van der Waals surface area (Å²) in [4.78, 5) is 37.1. The van der Waals surface area contributed by atoms with Crippen LogP contribution >= 0.6 is 23.5 Å². The highest BCUT2D eigenvalue weighted by Gasteiger charge is 2.51. The van der Waals surface area contributed by atoms with Gasteiger partial charge >= 0.3 is 12.1 Å². The molecule has 26 heavy (non-hydrogen) atoms. The molecule has 140 valence electrons. The first kappa shape index (κ1) is 18.9. The van der Waals surface area contributed by atoms with Crippen molar-refractivity contribution in [2.24, 2.45) is 0 Å². The van der Waals surface area contributed by atoms with Gasteiger partial charge in [0.25, 0.3) is 0 Å². The molecule has 2 saturated heterocycles. The van der Waals surface area contributed by atoms with Crippen molar-refractivity contribution in [2.75, 3.05) is 24.6 Å². The number of carboxylic acids is 1. The van der Waals surface area contributed by atoms with E-state index in [2.05, 4.69) is 5.32 Å². The number of aliphatic carboxylic acids is 1. The van der Waals surface area contributed by atoms with Crippen LogP contribution in [0.4, 0.5) is 4.79 Å². The quantitative estimate of drug-likeness (QED) is 0.783. The minimum atomic E-state index is -1.00. The molecule has 0 aromatic heterocycles. The van der Waals surface area contributed by atoms with Crippen LogP contribution in [-0.4, -0.2) is 62.7 Å². The minimum absolute atomic E-state index is 0.110. The van der Waals surface area contributed by atoms with Crippen molar-refractivity contribution in [1.82, 2.24) is 10.2 Å². The molecule has 9 heteroatoms. The third kappa shape index (κ3) is 4.45. The molecule has 0 aliphatic carbocycles. The van der Waals surface area contributed by atoms with Crippen molar-refractivity contribution in [3.05, 3.63) is 35.9 Å². The Bertz CT molecular complexity index is 679. The number of carbonyl (C=O) groups is 3. The number of ether oxygens (including phenoxy) is 1. The van der Waals surface area contributed by atoms with E-state index in [0.717, 1.165) is 17.1 Å². The molecule has 1 aromatic rings. The van der Waals surface area contributed by atoms with Crippen LogP contribution in [0.2, 0.25) is 0 Å². The number of nitrogens with zero attached hydrogens (tertiary/aromatic N) is 1. The number of likely N-dealkylation sites (tertiary alicyclic amines) is 1. The molecular formula is C17H20N2O5S2. The molecule has 0 radical (unpaired) electrons. The monoisotopic (exact) mass is 396 g/mol. The van der Waals surface area contributed by atoms with Crippen LogP contribution in [-0.2, 0) is 20.9 Å². The maximum atomic E-state index is 12.5. The van der Waals surface area contributed by atoms with Crippen molar-refractivity contribution in [1.29, 1.82) is 0 Å². The van der Waals surface area contributed by atoms with E-state index >= 15 is 0 Å². The summed E-state index contributed by atoms with van der Waals surface area (Å²) >= 11 is 3.44. The summed E-state index contributed by atoms with van der Waals surface area (Å²) < 4.78 is 4.83. The second-order valence-corrected chi connectivity index (χ2v) is 9.32. The van der Waals surface area contributed by atoms with E-state index in [4.69, 9.17) is 4.74 Å². The minimum Gasteiger partial charge on any atom is -0.480 e.